The fourth-order valence-electron chi connectivity index (χ4n) is 1.59. The Kier molecular flexibility index (Phi) is 4.36. The van der Waals surface area contributed by atoms with Gasteiger partial charge in [-0.05, 0) is 17.7 Å². The molecule has 6 nitrogen and oxygen atoms in total. The summed E-state index contributed by atoms with van der Waals surface area (Å²) in [6, 6.07) is 5.31. The molecule has 0 atom stereocenters. The summed E-state index contributed by atoms with van der Waals surface area (Å²) in [5, 5.41) is 11.5. The number of nitrogens with zero attached hydrogens (tertiary/aromatic N) is 4. The molecule has 0 saturated heterocycles. The van der Waals surface area contributed by atoms with Crippen molar-refractivity contribution in [3.8, 4) is 0 Å². The van der Waals surface area contributed by atoms with E-state index in [1.165, 1.54) is 12.4 Å². The molecule has 0 bridgehead atoms. The summed E-state index contributed by atoms with van der Waals surface area (Å²) in [7, 11) is 1.78. The van der Waals surface area contributed by atoms with Crippen LogP contribution in [0.15, 0.2) is 30.6 Å². The quantitative estimate of drug-likeness (QED) is 0.639. The Balaban J connectivity index is 2.12. The SMILES string of the molecule is CN(Cc1ccc(Cl)c(Cl)c1)c1ncc([N+](=O)[O-])cn1. The summed E-state index contributed by atoms with van der Waals surface area (Å²) in [5.41, 5.74) is 0.792. The van der Waals surface area contributed by atoms with Gasteiger partial charge in [0.2, 0.25) is 5.95 Å². The summed E-state index contributed by atoms with van der Waals surface area (Å²) in [5.74, 6) is 0.390. The molecule has 0 radical (unpaired) electrons. The van der Waals surface area contributed by atoms with Gasteiger partial charge in [0.1, 0.15) is 12.4 Å². The molecule has 0 amide bonds. The maximum atomic E-state index is 10.5. The number of halogens is 2. The molecule has 0 saturated carbocycles. The van der Waals surface area contributed by atoms with E-state index in [4.69, 9.17) is 23.2 Å². The lowest BCUT2D eigenvalue weighted by Gasteiger charge is -2.16. The average Bonchev–Trinajstić information content (AvgIpc) is 2.43. The highest BCUT2D eigenvalue weighted by atomic mass is 35.5. The molecule has 104 valence electrons. The second-order valence-corrected chi connectivity index (χ2v) is 4.92. The van der Waals surface area contributed by atoms with Gasteiger partial charge in [-0.3, -0.25) is 10.1 Å². The normalized spacial score (nSPS) is 10.3. The maximum absolute atomic E-state index is 10.5. The molecule has 1 heterocycles. The molecule has 0 N–H and O–H groups in total. The lowest BCUT2D eigenvalue weighted by atomic mass is 10.2. The number of benzene rings is 1. The Labute approximate surface area is 125 Å². The minimum atomic E-state index is -0.539. The number of rotatable bonds is 4. The van der Waals surface area contributed by atoms with E-state index in [0.29, 0.717) is 22.5 Å². The molecule has 0 spiro atoms. The van der Waals surface area contributed by atoms with Crippen molar-refractivity contribution in [3.05, 3.63) is 56.3 Å². The summed E-state index contributed by atoms with van der Waals surface area (Å²) in [6.45, 7) is 0.509. The van der Waals surface area contributed by atoms with E-state index < -0.39 is 4.92 Å². The summed E-state index contributed by atoms with van der Waals surface area (Å²) >= 11 is 11.8. The van der Waals surface area contributed by atoms with E-state index >= 15 is 0 Å². The number of anilines is 1. The Morgan fingerprint density at radius 1 is 1.25 bits per heavy atom. The summed E-state index contributed by atoms with van der Waals surface area (Å²) in [4.78, 5) is 19.6. The molecule has 20 heavy (non-hydrogen) atoms. The monoisotopic (exact) mass is 312 g/mol. The third-order valence-corrected chi connectivity index (χ3v) is 3.32. The number of hydrogen-bond acceptors (Lipinski definition) is 5. The van der Waals surface area contributed by atoms with E-state index in [0.717, 1.165) is 5.56 Å². The molecule has 0 unspecified atom stereocenters. The fourth-order valence-corrected chi connectivity index (χ4v) is 1.91. The highest BCUT2D eigenvalue weighted by Crippen LogP contribution is 2.23. The minimum absolute atomic E-state index is 0.142. The Hall–Kier alpha value is -1.92. The molecule has 0 fully saturated rings. The van der Waals surface area contributed by atoms with Crippen molar-refractivity contribution < 1.29 is 4.92 Å². The van der Waals surface area contributed by atoms with E-state index in [2.05, 4.69) is 9.97 Å². The van der Waals surface area contributed by atoms with Crippen LogP contribution in [0.3, 0.4) is 0 Å². The van der Waals surface area contributed by atoms with Gasteiger partial charge < -0.3 is 4.90 Å². The van der Waals surface area contributed by atoms with Crippen molar-refractivity contribution in [1.29, 1.82) is 0 Å². The second-order valence-electron chi connectivity index (χ2n) is 4.10. The van der Waals surface area contributed by atoms with Crippen LogP contribution in [-0.4, -0.2) is 21.9 Å². The van der Waals surface area contributed by atoms with Crippen molar-refractivity contribution in [1.82, 2.24) is 9.97 Å². The molecule has 2 rings (SSSR count). The molecular formula is C12H10Cl2N4O2. The van der Waals surface area contributed by atoms with Crippen LogP contribution in [0.1, 0.15) is 5.56 Å². The fraction of sp³-hybridized carbons (Fsp3) is 0.167. The third kappa shape index (κ3) is 3.34. The van der Waals surface area contributed by atoms with Crippen LogP contribution in [0.2, 0.25) is 10.0 Å². The number of hydrogen-bond donors (Lipinski definition) is 0. The highest BCUT2D eigenvalue weighted by Gasteiger charge is 2.10. The minimum Gasteiger partial charge on any atom is -0.340 e. The van der Waals surface area contributed by atoms with Gasteiger partial charge in [0.25, 0.3) is 0 Å². The molecule has 1 aromatic heterocycles. The van der Waals surface area contributed by atoms with Gasteiger partial charge in [-0.25, -0.2) is 9.97 Å². The van der Waals surface area contributed by atoms with Gasteiger partial charge in [0.05, 0.1) is 15.0 Å². The van der Waals surface area contributed by atoms with Crippen molar-refractivity contribution in [2.24, 2.45) is 0 Å². The van der Waals surface area contributed by atoms with Crippen molar-refractivity contribution in [2.75, 3.05) is 11.9 Å². The Morgan fingerprint density at radius 2 is 1.90 bits per heavy atom. The summed E-state index contributed by atoms with van der Waals surface area (Å²) in [6.07, 6.45) is 2.35. The first-order valence-corrected chi connectivity index (χ1v) is 6.34. The Bertz CT molecular complexity index is 634. The zero-order chi connectivity index (χ0) is 14.7. The van der Waals surface area contributed by atoms with Gasteiger partial charge in [0, 0.05) is 13.6 Å². The first kappa shape index (κ1) is 14.5. The lowest BCUT2D eigenvalue weighted by Crippen LogP contribution is -2.19. The number of aromatic nitrogens is 2. The van der Waals surface area contributed by atoms with E-state index in [1.807, 2.05) is 6.07 Å². The molecule has 0 aliphatic rings. The van der Waals surface area contributed by atoms with E-state index in [1.54, 1.807) is 24.1 Å². The van der Waals surface area contributed by atoms with Gasteiger partial charge in [-0.1, -0.05) is 29.3 Å². The Morgan fingerprint density at radius 3 is 2.45 bits per heavy atom. The molecular weight excluding hydrogens is 303 g/mol. The molecule has 0 aliphatic carbocycles. The van der Waals surface area contributed by atoms with Crippen LogP contribution >= 0.6 is 23.2 Å². The van der Waals surface area contributed by atoms with Crippen LogP contribution in [0.5, 0.6) is 0 Å². The summed E-state index contributed by atoms with van der Waals surface area (Å²) < 4.78 is 0. The highest BCUT2D eigenvalue weighted by molar-refractivity contribution is 6.42. The largest absolute Gasteiger partial charge is 0.340 e. The maximum Gasteiger partial charge on any atom is 0.305 e. The van der Waals surface area contributed by atoms with Crippen LogP contribution in [-0.2, 0) is 6.54 Å². The first-order valence-electron chi connectivity index (χ1n) is 5.59. The molecule has 0 aliphatic heterocycles. The topological polar surface area (TPSA) is 72.2 Å². The van der Waals surface area contributed by atoms with Gasteiger partial charge in [0.15, 0.2) is 0 Å². The van der Waals surface area contributed by atoms with Gasteiger partial charge in [-0.2, -0.15) is 0 Å². The van der Waals surface area contributed by atoms with Crippen LogP contribution < -0.4 is 4.90 Å². The second kappa shape index (κ2) is 6.02. The van der Waals surface area contributed by atoms with Gasteiger partial charge >= 0.3 is 5.69 Å². The predicted molar refractivity (Wildman–Crippen MR) is 77.3 cm³/mol. The predicted octanol–water partition coefficient (Wildman–Crippen LogP) is 3.33. The van der Waals surface area contributed by atoms with Crippen LogP contribution in [0, 0.1) is 10.1 Å². The third-order valence-electron chi connectivity index (χ3n) is 2.58. The van der Waals surface area contributed by atoms with E-state index in [-0.39, 0.29) is 5.69 Å². The van der Waals surface area contributed by atoms with Crippen LogP contribution in [0.25, 0.3) is 0 Å². The van der Waals surface area contributed by atoms with Crippen LogP contribution in [0.4, 0.5) is 11.6 Å². The molecule has 1 aromatic carbocycles. The van der Waals surface area contributed by atoms with Gasteiger partial charge in [-0.15, -0.1) is 0 Å². The number of nitro groups is 1. The van der Waals surface area contributed by atoms with Crippen molar-refractivity contribution >= 4 is 34.8 Å². The van der Waals surface area contributed by atoms with Crippen molar-refractivity contribution in [3.63, 3.8) is 0 Å². The molecule has 2 aromatic rings. The average molecular weight is 313 g/mol. The molecule has 8 heteroatoms. The lowest BCUT2D eigenvalue weighted by molar-refractivity contribution is -0.385. The smallest absolute Gasteiger partial charge is 0.305 e. The standard InChI is InChI=1S/C12H10Cl2N4O2/c1-17(7-8-2-3-10(13)11(14)4-8)12-15-5-9(6-16-12)18(19)20/h2-6H,7H2,1H3. The zero-order valence-corrected chi connectivity index (χ0v) is 12.0. The first-order chi connectivity index (χ1) is 9.47. The van der Waals surface area contributed by atoms with Crippen molar-refractivity contribution in [2.45, 2.75) is 6.54 Å². The zero-order valence-electron chi connectivity index (χ0n) is 10.5. The van der Waals surface area contributed by atoms with E-state index in [9.17, 15) is 10.1 Å².